The molecule has 0 aliphatic rings. The Morgan fingerprint density at radius 1 is 1.14 bits per heavy atom. The molecule has 2 nitrogen and oxygen atoms in total. The lowest BCUT2D eigenvalue weighted by atomic mass is 10.1. The van der Waals surface area contributed by atoms with Crippen LogP contribution in [0.4, 0.5) is 0 Å². The van der Waals surface area contributed by atoms with E-state index >= 15 is 0 Å². The van der Waals surface area contributed by atoms with Crippen molar-refractivity contribution in [1.82, 2.24) is 0 Å². The Labute approximate surface area is 87.3 Å². The average Bonchev–Trinajstić information content (AvgIpc) is 2.16. The molecule has 0 saturated heterocycles. The molecule has 0 rings (SSSR count). The zero-order valence-corrected chi connectivity index (χ0v) is 9.18. The molecular formula is C12H21O2. The van der Waals surface area contributed by atoms with E-state index in [2.05, 4.69) is 13.5 Å². The monoisotopic (exact) mass is 197 g/mol. The Kier molecular flexibility index (Phi) is 8.30. The van der Waals surface area contributed by atoms with Crippen LogP contribution >= 0.6 is 0 Å². The summed E-state index contributed by atoms with van der Waals surface area (Å²) in [6, 6.07) is 0. The summed E-state index contributed by atoms with van der Waals surface area (Å²) in [5.74, 6) is -0.275. The number of carbonyl (C=O) groups is 1. The third kappa shape index (κ3) is 7.84. The van der Waals surface area contributed by atoms with Crippen LogP contribution < -0.4 is 0 Å². The molecule has 0 fully saturated rings. The number of hydrogen-bond acceptors (Lipinski definition) is 2. The molecule has 0 aromatic rings. The predicted molar refractivity (Wildman–Crippen MR) is 58.8 cm³/mol. The summed E-state index contributed by atoms with van der Waals surface area (Å²) < 4.78 is 4.96. The second kappa shape index (κ2) is 8.79. The van der Waals surface area contributed by atoms with Crippen LogP contribution in [-0.2, 0) is 9.53 Å². The van der Waals surface area contributed by atoms with E-state index < -0.39 is 0 Å². The van der Waals surface area contributed by atoms with Gasteiger partial charge in [-0.15, -0.1) is 0 Å². The number of ether oxygens (including phenoxy) is 1. The first-order chi connectivity index (χ1) is 6.68. The van der Waals surface area contributed by atoms with E-state index in [1.807, 2.05) is 0 Å². The zero-order valence-electron chi connectivity index (χ0n) is 9.18. The lowest BCUT2D eigenvalue weighted by Crippen LogP contribution is -2.05. The van der Waals surface area contributed by atoms with E-state index in [1.165, 1.54) is 19.3 Å². The smallest absolute Gasteiger partial charge is 0.333 e. The zero-order chi connectivity index (χ0) is 10.8. The molecule has 0 atom stereocenters. The van der Waals surface area contributed by atoms with E-state index in [1.54, 1.807) is 6.92 Å². The third-order valence-corrected chi connectivity index (χ3v) is 1.98. The van der Waals surface area contributed by atoms with Gasteiger partial charge in [-0.3, -0.25) is 0 Å². The highest BCUT2D eigenvalue weighted by Gasteiger charge is 2.01. The Balaban J connectivity index is 3.13. The Morgan fingerprint density at radius 2 is 1.71 bits per heavy atom. The van der Waals surface area contributed by atoms with Crippen molar-refractivity contribution in [2.24, 2.45) is 0 Å². The van der Waals surface area contributed by atoms with E-state index in [0.29, 0.717) is 12.2 Å². The van der Waals surface area contributed by atoms with E-state index in [0.717, 1.165) is 19.3 Å². The maximum atomic E-state index is 10.9. The number of esters is 1. The van der Waals surface area contributed by atoms with Crippen molar-refractivity contribution >= 4 is 5.97 Å². The molecule has 0 amide bonds. The highest BCUT2D eigenvalue weighted by atomic mass is 16.5. The van der Waals surface area contributed by atoms with Crippen LogP contribution in [0.3, 0.4) is 0 Å². The minimum atomic E-state index is -0.275. The van der Waals surface area contributed by atoms with Gasteiger partial charge in [0.05, 0.1) is 6.61 Å². The van der Waals surface area contributed by atoms with Crippen LogP contribution in [-0.4, -0.2) is 12.6 Å². The van der Waals surface area contributed by atoms with Gasteiger partial charge < -0.3 is 4.74 Å². The van der Waals surface area contributed by atoms with Gasteiger partial charge in [-0.05, 0) is 13.3 Å². The van der Waals surface area contributed by atoms with Gasteiger partial charge in [0.25, 0.3) is 0 Å². The van der Waals surface area contributed by atoms with Crippen LogP contribution in [0.2, 0.25) is 0 Å². The molecular weight excluding hydrogens is 176 g/mol. The van der Waals surface area contributed by atoms with Gasteiger partial charge in [0.1, 0.15) is 0 Å². The van der Waals surface area contributed by atoms with E-state index in [4.69, 9.17) is 4.74 Å². The molecule has 0 bridgehead atoms. The van der Waals surface area contributed by atoms with Crippen molar-refractivity contribution in [3.63, 3.8) is 0 Å². The fourth-order valence-electron chi connectivity index (χ4n) is 1.10. The van der Waals surface area contributed by atoms with Crippen molar-refractivity contribution < 1.29 is 9.53 Å². The third-order valence-electron chi connectivity index (χ3n) is 1.98. The predicted octanol–water partition coefficient (Wildman–Crippen LogP) is 3.28. The summed E-state index contributed by atoms with van der Waals surface area (Å²) in [4.78, 5) is 10.9. The van der Waals surface area contributed by atoms with Gasteiger partial charge in [-0.25, -0.2) is 4.79 Å². The molecule has 1 radical (unpaired) electrons. The molecule has 0 aliphatic carbocycles. The largest absolute Gasteiger partial charge is 0.462 e. The van der Waals surface area contributed by atoms with Crippen LogP contribution in [0, 0.1) is 6.92 Å². The van der Waals surface area contributed by atoms with Gasteiger partial charge in [-0.2, -0.15) is 0 Å². The first-order valence-electron chi connectivity index (χ1n) is 5.30. The fraction of sp³-hybridized carbons (Fsp3) is 0.667. The van der Waals surface area contributed by atoms with E-state index in [9.17, 15) is 4.79 Å². The molecule has 0 N–H and O–H groups in total. The molecule has 0 saturated carbocycles. The van der Waals surface area contributed by atoms with Crippen molar-refractivity contribution in [3.05, 3.63) is 19.1 Å². The van der Waals surface area contributed by atoms with Crippen molar-refractivity contribution in [2.75, 3.05) is 6.61 Å². The molecule has 0 heterocycles. The molecule has 2 heteroatoms. The molecule has 0 spiro atoms. The maximum absolute atomic E-state index is 10.9. The quantitative estimate of drug-likeness (QED) is 0.339. The average molecular weight is 197 g/mol. The fourth-order valence-corrected chi connectivity index (χ4v) is 1.10. The van der Waals surface area contributed by atoms with Crippen LogP contribution in [0.25, 0.3) is 0 Å². The van der Waals surface area contributed by atoms with Gasteiger partial charge in [0.15, 0.2) is 0 Å². The summed E-state index contributed by atoms with van der Waals surface area (Å²) in [6.45, 7) is 9.48. The highest BCUT2D eigenvalue weighted by molar-refractivity contribution is 5.86. The SMILES string of the molecule is [CH2]CCCCCCCOC(=O)C(=C)C. The second-order valence-corrected chi connectivity index (χ2v) is 3.54. The number of rotatable bonds is 8. The van der Waals surface area contributed by atoms with Gasteiger partial charge in [0, 0.05) is 5.57 Å². The first-order valence-corrected chi connectivity index (χ1v) is 5.30. The van der Waals surface area contributed by atoms with Crippen molar-refractivity contribution in [2.45, 2.75) is 45.4 Å². The Bertz CT molecular complexity index is 173. The van der Waals surface area contributed by atoms with Gasteiger partial charge >= 0.3 is 5.97 Å². The van der Waals surface area contributed by atoms with Gasteiger partial charge in [-0.1, -0.05) is 45.6 Å². The van der Waals surface area contributed by atoms with Crippen molar-refractivity contribution in [3.8, 4) is 0 Å². The normalized spacial score (nSPS) is 9.86. The summed E-state index contributed by atoms with van der Waals surface area (Å²) in [6.07, 6.45) is 6.74. The maximum Gasteiger partial charge on any atom is 0.333 e. The molecule has 14 heavy (non-hydrogen) atoms. The summed E-state index contributed by atoms with van der Waals surface area (Å²) in [5.41, 5.74) is 0.474. The van der Waals surface area contributed by atoms with E-state index in [-0.39, 0.29) is 5.97 Å². The topological polar surface area (TPSA) is 26.3 Å². The Hall–Kier alpha value is -0.790. The number of carbonyl (C=O) groups excluding carboxylic acids is 1. The molecule has 0 aromatic heterocycles. The second-order valence-electron chi connectivity index (χ2n) is 3.54. The molecule has 81 valence electrons. The summed E-state index contributed by atoms with van der Waals surface area (Å²) in [5, 5.41) is 0. The van der Waals surface area contributed by atoms with Crippen LogP contribution in [0.5, 0.6) is 0 Å². The number of hydrogen-bond donors (Lipinski definition) is 0. The van der Waals surface area contributed by atoms with Crippen LogP contribution in [0.15, 0.2) is 12.2 Å². The van der Waals surface area contributed by atoms with Gasteiger partial charge in [0.2, 0.25) is 0 Å². The van der Waals surface area contributed by atoms with Crippen LogP contribution in [0.1, 0.15) is 45.4 Å². The standard InChI is InChI=1S/C12H21O2/c1-4-5-6-7-8-9-10-14-12(13)11(2)3/h1-2,4-10H2,3H3. The Morgan fingerprint density at radius 3 is 2.29 bits per heavy atom. The minimum Gasteiger partial charge on any atom is -0.462 e. The molecule has 0 aliphatic heterocycles. The minimum absolute atomic E-state index is 0.275. The summed E-state index contributed by atoms with van der Waals surface area (Å²) >= 11 is 0. The molecule has 0 aromatic carbocycles. The van der Waals surface area contributed by atoms with Crippen molar-refractivity contribution in [1.29, 1.82) is 0 Å². The first kappa shape index (κ1) is 13.2. The summed E-state index contributed by atoms with van der Waals surface area (Å²) in [7, 11) is 0. The molecule has 0 unspecified atom stereocenters. The lowest BCUT2D eigenvalue weighted by Gasteiger charge is -2.03. The number of unbranched alkanes of at least 4 members (excludes halogenated alkanes) is 5. The lowest BCUT2D eigenvalue weighted by molar-refractivity contribution is -0.139. The highest BCUT2D eigenvalue weighted by Crippen LogP contribution is 2.05.